The number of benzene rings is 1. The molecule has 2 rings (SSSR count). The lowest BCUT2D eigenvalue weighted by molar-refractivity contribution is 0.227. The van der Waals surface area contributed by atoms with Crippen LogP contribution in [0.1, 0.15) is 31.2 Å². The van der Waals surface area contributed by atoms with E-state index in [4.69, 9.17) is 11.6 Å². The molecule has 0 atom stereocenters. The van der Waals surface area contributed by atoms with E-state index >= 15 is 0 Å². The first kappa shape index (κ1) is 16.7. The molecule has 1 aromatic rings. The van der Waals surface area contributed by atoms with Gasteiger partial charge in [-0.25, -0.2) is 13.1 Å². The summed E-state index contributed by atoms with van der Waals surface area (Å²) < 4.78 is 26.6. The smallest absolute Gasteiger partial charge is 0.215 e. The van der Waals surface area contributed by atoms with Gasteiger partial charge in [-0.1, -0.05) is 30.2 Å². The zero-order chi connectivity index (χ0) is 15.1. The molecule has 0 aliphatic carbocycles. The van der Waals surface area contributed by atoms with Crippen LogP contribution in [0.3, 0.4) is 0 Å². The molecule has 6 heteroatoms. The fourth-order valence-corrected chi connectivity index (χ4v) is 3.88. The second-order valence-corrected chi connectivity index (χ2v) is 7.78. The minimum Gasteiger partial charge on any atom is -0.303 e. The van der Waals surface area contributed by atoms with E-state index in [1.807, 2.05) is 0 Å². The van der Waals surface area contributed by atoms with Crippen LogP contribution in [-0.4, -0.2) is 39.5 Å². The average Bonchev–Trinajstić information content (AvgIpc) is 2.47. The van der Waals surface area contributed by atoms with Crippen LogP contribution < -0.4 is 4.72 Å². The van der Waals surface area contributed by atoms with Crippen LogP contribution in [0.15, 0.2) is 24.3 Å². The summed E-state index contributed by atoms with van der Waals surface area (Å²) in [5.74, 6) is 0.00782. The van der Waals surface area contributed by atoms with E-state index in [1.54, 1.807) is 24.3 Å². The number of hydrogen-bond acceptors (Lipinski definition) is 3. The number of nitrogens with zero attached hydrogens (tertiary/aromatic N) is 1. The number of nitrogens with one attached hydrogen (secondary N) is 1. The largest absolute Gasteiger partial charge is 0.303 e. The van der Waals surface area contributed by atoms with E-state index in [9.17, 15) is 8.42 Å². The molecule has 1 saturated heterocycles. The molecule has 1 heterocycles. The molecule has 0 unspecified atom stereocenters. The SMILES string of the molecule is O=S(=O)(Cc1ccc(Cl)cc1)NCCCN1CCCCC1. The van der Waals surface area contributed by atoms with Crippen molar-refractivity contribution in [1.82, 2.24) is 9.62 Å². The lowest BCUT2D eigenvalue weighted by Gasteiger charge is -2.26. The topological polar surface area (TPSA) is 49.4 Å². The van der Waals surface area contributed by atoms with Crippen molar-refractivity contribution in [3.05, 3.63) is 34.9 Å². The van der Waals surface area contributed by atoms with Gasteiger partial charge in [0.25, 0.3) is 0 Å². The zero-order valence-corrected chi connectivity index (χ0v) is 13.8. The van der Waals surface area contributed by atoms with Gasteiger partial charge in [-0.2, -0.15) is 0 Å². The molecule has 118 valence electrons. The predicted octanol–water partition coefficient (Wildman–Crippen LogP) is 2.64. The summed E-state index contributed by atoms with van der Waals surface area (Å²) in [7, 11) is -3.26. The van der Waals surface area contributed by atoms with E-state index < -0.39 is 10.0 Å². The molecule has 21 heavy (non-hydrogen) atoms. The van der Waals surface area contributed by atoms with Crippen LogP contribution in [0.4, 0.5) is 0 Å². The molecule has 1 N–H and O–H groups in total. The Bertz CT molecular complexity index is 525. The Morgan fingerprint density at radius 3 is 2.43 bits per heavy atom. The molecule has 1 aliphatic rings. The highest BCUT2D eigenvalue weighted by Gasteiger charge is 2.12. The van der Waals surface area contributed by atoms with Gasteiger partial charge in [0.1, 0.15) is 0 Å². The lowest BCUT2D eigenvalue weighted by Crippen LogP contribution is -2.33. The lowest BCUT2D eigenvalue weighted by atomic mass is 10.1. The maximum Gasteiger partial charge on any atom is 0.215 e. The second kappa shape index (κ2) is 8.13. The molecule has 0 aromatic heterocycles. The first-order chi connectivity index (χ1) is 10.1. The van der Waals surface area contributed by atoms with Gasteiger partial charge in [-0.15, -0.1) is 0 Å². The maximum absolute atomic E-state index is 12.0. The van der Waals surface area contributed by atoms with E-state index in [2.05, 4.69) is 9.62 Å². The van der Waals surface area contributed by atoms with Crippen molar-refractivity contribution in [1.29, 1.82) is 0 Å². The minimum absolute atomic E-state index is 0.00782. The molecule has 0 saturated carbocycles. The summed E-state index contributed by atoms with van der Waals surface area (Å²) in [6.45, 7) is 3.78. The first-order valence-corrected chi connectivity index (χ1v) is 9.52. The normalized spacial score (nSPS) is 17.0. The maximum atomic E-state index is 12.0. The number of sulfonamides is 1. The fourth-order valence-electron chi connectivity index (χ4n) is 2.56. The van der Waals surface area contributed by atoms with Crippen LogP contribution in [0.5, 0.6) is 0 Å². The number of rotatable bonds is 7. The van der Waals surface area contributed by atoms with Crippen molar-refractivity contribution in [2.45, 2.75) is 31.4 Å². The van der Waals surface area contributed by atoms with E-state index in [1.165, 1.54) is 19.3 Å². The van der Waals surface area contributed by atoms with Gasteiger partial charge < -0.3 is 4.90 Å². The third-order valence-corrected chi connectivity index (χ3v) is 5.30. The molecule has 1 aromatic carbocycles. The summed E-state index contributed by atoms with van der Waals surface area (Å²) in [6.07, 6.45) is 4.72. The monoisotopic (exact) mass is 330 g/mol. The van der Waals surface area contributed by atoms with Crippen LogP contribution in [0.2, 0.25) is 5.02 Å². The zero-order valence-electron chi connectivity index (χ0n) is 12.2. The van der Waals surface area contributed by atoms with Gasteiger partial charge in [-0.3, -0.25) is 0 Å². The van der Waals surface area contributed by atoms with E-state index in [0.717, 1.165) is 31.6 Å². The van der Waals surface area contributed by atoms with Crippen molar-refractivity contribution < 1.29 is 8.42 Å². The standard InChI is InChI=1S/C15H23ClN2O2S/c16-15-7-5-14(6-8-15)13-21(19,20)17-9-4-12-18-10-2-1-3-11-18/h5-8,17H,1-4,9-13H2. The molecule has 4 nitrogen and oxygen atoms in total. The quantitative estimate of drug-likeness (QED) is 0.782. The Morgan fingerprint density at radius 1 is 1.10 bits per heavy atom. The molecular weight excluding hydrogens is 308 g/mol. The molecule has 0 spiro atoms. The van der Waals surface area contributed by atoms with Crippen LogP contribution in [-0.2, 0) is 15.8 Å². The molecule has 1 fully saturated rings. The Morgan fingerprint density at radius 2 is 1.76 bits per heavy atom. The number of piperidine rings is 1. The molecular formula is C15H23ClN2O2S. The Hall–Kier alpha value is -0.620. The van der Waals surface area contributed by atoms with Crippen LogP contribution >= 0.6 is 11.6 Å². The Kier molecular flexibility index (Phi) is 6.48. The van der Waals surface area contributed by atoms with Crippen molar-refractivity contribution in [3.63, 3.8) is 0 Å². The first-order valence-electron chi connectivity index (χ1n) is 7.49. The van der Waals surface area contributed by atoms with Crippen LogP contribution in [0.25, 0.3) is 0 Å². The Labute approximate surface area is 132 Å². The van der Waals surface area contributed by atoms with E-state index in [-0.39, 0.29) is 5.75 Å². The van der Waals surface area contributed by atoms with Gasteiger partial charge in [0.2, 0.25) is 10.0 Å². The van der Waals surface area contributed by atoms with Gasteiger partial charge in [0.05, 0.1) is 5.75 Å². The average molecular weight is 331 g/mol. The van der Waals surface area contributed by atoms with Crippen molar-refractivity contribution in [3.8, 4) is 0 Å². The summed E-state index contributed by atoms with van der Waals surface area (Å²) in [5, 5.41) is 0.616. The van der Waals surface area contributed by atoms with Gasteiger partial charge in [0.15, 0.2) is 0 Å². The third kappa shape index (κ3) is 6.34. The highest BCUT2D eigenvalue weighted by molar-refractivity contribution is 7.88. The number of likely N-dealkylation sites (tertiary alicyclic amines) is 1. The summed E-state index contributed by atoms with van der Waals surface area (Å²) >= 11 is 5.79. The molecule has 1 aliphatic heterocycles. The fraction of sp³-hybridized carbons (Fsp3) is 0.600. The molecule has 0 amide bonds. The highest BCUT2D eigenvalue weighted by Crippen LogP contribution is 2.12. The molecule has 0 radical (unpaired) electrons. The summed E-state index contributed by atoms with van der Waals surface area (Å²) in [6, 6.07) is 6.91. The summed E-state index contributed by atoms with van der Waals surface area (Å²) in [4.78, 5) is 2.41. The highest BCUT2D eigenvalue weighted by atomic mass is 35.5. The molecule has 0 bridgehead atoms. The van der Waals surface area contributed by atoms with Gasteiger partial charge >= 0.3 is 0 Å². The van der Waals surface area contributed by atoms with Gasteiger partial charge in [0, 0.05) is 11.6 Å². The predicted molar refractivity (Wildman–Crippen MR) is 87.0 cm³/mol. The van der Waals surface area contributed by atoms with E-state index in [0.29, 0.717) is 11.6 Å². The third-order valence-electron chi connectivity index (χ3n) is 3.69. The Balaban J connectivity index is 1.69. The van der Waals surface area contributed by atoms with Crippen molar-refractivity contribution in [2.24, 2.45) is 0 Å². The second-order valence-electron chi connectivity index (χ2n) is 5.54. The summed E-state index contributed by atoms with van der Waals surface area (Å²) in [5.41, 5.74) is 0.753. The van der Waals surface area contributed by atoms with Crippen molar-refractivity contribution in [2.75, 3.05) is 26.2 Å². The number of hydrogen-bond donors (Lipinski definition) is 1. The van der Waals surface area contributed by atoms with Crippen molar-refractivity contribution >= 4 is 21.6 Å². The number of halogens is 1. The minimum atomic E-state index is -3.26. The van der Waals surface area contributed by atoms with Gasteiger partial charge in [-0.05, 0) is 56.6 Å². The van der Waals surface area contributed by atoms with Crippen LogP contribution in [0, 0.1) is 0 Å².